The van der Waals surface area contributed by atoms with Crippen LogP contribution in [0.2, 0.25) is 0 Å². The molecule has 4 unspecified atom stereocenters. The zero-order valence-corrected chi connectivity index (χ0v) is 18.2. The lowest BCUT2D eigenvalue weighted by Crippen LogP contribution is -2.52. The summed E-state index contributed by atoms with van der Waals surface area (Å²) in [6, 6.07) is 13.0. The largest absolute Gasteiger partial charge is 0.315 e. The standard InChI is InChI=1S/C25H29N5/c1-5-19-17(3)25(4,6-2)24-29(18-10-9-13-26-14-18)23-22(15-27-16-28-23)30(24)21-12-8-7-11-20(19)21/h7-17,19,24H,5-6H2,1-4H3. The molecule has 30 heavy (non-hydrogen) atoms. The molecule has 4 heterocycles. The van der Waals surface area contributed by atoms with E-state index in [1.54, 1.807) is 6.33 Å². The Labute approximate surface area is 178 Å². The Hall–Kier alpha value is -2.95. The molecule has 154 valence electrons. The fraction of sp³-hybridized carbons (Fsp3) is 0.400. The zero-order valence-electron chi connectivity index (χ0n) is 18.2. The molecule has 2 aliphatic rings. The van der Waals surface area contributed by atoms with Gasteiger partial charge in [0.15, 0.2) is 5.82 Å². The van der Waals surface area contributed by atoms with Crippen molar-refractivity contribution in [3.05, 3.63) is 66.9 Å². The molecule has 0 radical (unpaired) electrons. The Morgan fingerprint density at radius 3 is 2.53 bits per heavy atom. The maximum Gasteiger partial charge on any atom is 0.162 e. The Balaban J connectivity index is 1.84. The summed E-state index contributed by atoms with van der Waals surface area (Å²) in [5, 5.41) is 0. The second-order valence-electron chi connectivity index (χ2n) is 8.78. The fourth-order valence-corrected chi connectivity index (χ4v) is 5.71. The van der Waals surface area contributed by atoms with Crippen LogP contribution in [0.15, 0.2) is 61.3 Å². The third-order valence-corrected chi connectivity index (χ3v) is 7.60. The fourth-order valence-electron chi connectivity index (χ4n) is 5.71. The molecule has 5 heteroatoms. The maximum atomic E-state index is 4.75. The van der Waals surface area contributed by atoms with Crippen molar-refractivity contribution in [1.29, 1.82) is 0 Å². The van der Waals surface area contributed by atoms with Gasteiger partial charge >= 0.3 is 0 Å². The summed E-state index contributed by atoms with van der Waals surface area (Å²) < 4.78 is 0. The summed E-state index contributed by atoms with van der Waals surface area (Å²) in [6.07, 6.45) is 9.69. The lowest BCUT2D eigenvalue weighted by Gasteiger charge is -2.47. The van der Waals surface area contributed by atoms with Gasteiger partial charge in [-0.15, -0.1) is 0 Å². The molecule has 0 spiro atoms. The second kappa shape index (κ2) is 7.08. The number of aromatic nitrogens is 3. The van der Waals surface area contributed by atoms with E-state index >= 15 is 0 Å². The van der Waals surface area contributed by atoms with Crippen molar-refractivity contribution in [2.24, 2.45) is 11.3 Å². The quantitative estimate of drug-likeness (QED) is 0.537. The molecule has 2 aliphatic heterocycles. The highest BCUT2D eigenvalue weighted by molar-refractivity contribution is 5.87. The van der Waals surface area contributed by atoms with Crippen LogP contribution in [0.1, 0.15) is 52.0 Å². The first-order valence-corrected chi connectivity index (χ1v) is 11.0. The maximum absolute atomic E-state index is 4.75. The minimum Gasteiger partial charge on any atom is -0.315 e. The lowest BCUT2D eigenvalue weighted by atomic mass is 9.66. The van der Waals surface area contributed by atoms with Crippen LogP contribution in [-0.4, -0.2) is 21.1 Å². The van der Waals surface area contributed by atoms with Crippen molar-refractivity contribution >= 4 is 22.9 Å². The van der Waals surface area contributed by atoms with Crippen molar-refractivity contribution < 1.29 is 0 Å². The molecule has 0 amide bonds. The van der Waals surface area contributed by atoms with E-state index in [2.05, 4.69) is 77.8 Å². The number of nitrogens with zero attached hydrogens (tertiary/aromatic N) is 5. The molecule has 5 rings (SSSR count). The molecule has 0 bridgehead atoms. The first-order chi connectivity index (χ1) is 14.6. The highest BCUT2D eigenvalue weighted by atomic mass is 15.5. The number of hydrogen-bond acceptors (Lipinski definition) is 5. The summed E-state index contributed by atoms with van der Waals surface area (Å²) in [6.45, 7) is 9.54. The molecule has 2 aromatic heterocycles. The highest BCUT2D eigenvalue weighted by Crippen LogP contribution is 2.59. The number of fused-ring (bicyclic) bond motifs is 5. The minimum atomic E-state index is 0.0240. The van der Waals surface area contributed by atoms with E-state index in [0.717, 1.165) is 30.0 Å². The summed E-state index contributed by atoms with van der Waals surface area (Å²) >= 11 is 0. The van der Waals surface area contributed by atoms with E-state index in [1.807, 2.05) is 24.7 Å². The molecule has 1 aromatic carbocycles. The van der Waals surface area contributed by atoms with E-state index < -0.39 is 0 Å². The van der Waals surface area contributed by atoms with Crippen LogP contribution in [0.5, 0.6) is 0 Å². The average molecular weight is 400 g/mol. The van der Waals surface area contributed by atoms with Gasteiger partial charge in [-0.1, -0.05) is 45.9 Å². The number of benzene rings is 1. The molecule has 0 saturated heterocycles. The Bertz CT molecular complexity index is 1050. The molecule has 0 saturated carbocycles. The smallest absolute Gasteiger partial charge is 0.162 e. The van der Waals surface area contributed by atoms with Gasteiger partial charge in [-0.2, -0.15) is 0 Å². The van der Waals surface area contributed by atoms with E-state index in [0.29, 0.717) is 11.8 Å². The predicted molar refractivity (Wildman–Crippen MR) is 121 cm³/mol. The van der Waals surface area contributed by atoms with Gasteiger partial charge in [0.1, 0.15) is 18.2 Å². The zero-order chi connectivity index (χ0) is 20.9. The number of para-hydroxylation sites is 1. The first kappa shape index (κ1) is 19.0. The molecular weight excluding hydrogens is 370 g/mol. The van der Waals surface area contributed by atoms with Crippen LogP contribution < -0.4 is 9.80 Å². The van der Waals surface area contributed by atoms with Gasteiger partial charge in [0, 0.05) is 17.3 Å². The normalized spacial score (nSPS) is 27.3. The third-order valence-electron chi connectivity index (χ3n) is 7.60. The Morgan fingerprint density at radius 2 is 1.80 bits per heavy atom. The van der Waals surface area contributed by atoms with Gasteiger partial charge < -0.3 is 9.80 Å². The summed E-state index contributed by atoms with van der Waals surface area (Å²) in [5.41, 5.74) is 4.88. The Morgan fingerprint density at radius 1 is 0.967 bits per heavy atom. The summed E-state index contributed by atoms with van der Waals surface area (Å²) in [7, 11) is 0. The van der Waals surface area contributed by atoms with Gasteiger partial charge in [0.05, 0.1) is 18.1 Å². The lowest BCUT2D eigenvalue weighted by molar-refractivity contribution is 0.131. The molecular formula is C25H29N5. The predicted octanol–water partition coefficient (Wildman–Crippen LogP) is 6.05. The monoisotopic (exact) mass is 399 g/mol. The van der Waals surface area contributed by atoms with Gasteiger partial charge in [-0.3, -0.25) is 4.98 Å². The molecule has 4 atom stereocenters. The van der Waals surface area contributed by atoms with Crippen molar-refractivity contribution in [2.45, 2.75) is 52.6 Å². The SMILES string of the molecule is CCC1c2ccccc2N2c3cncnc3N(c3cccnc3)C2C(C)(CC)C1C. The molecule has 0 aliphatic carbocycles. The van der Waals surface area contributed by atoms with Crippen LogP contribution >= 0.6 is 0 Å². The van der Waals surface area contributed by atoms with Crippen molar-refractivity contribution in [1.82, 2.24) is 15.0 Å². The summed E-state index contributed by atoms with van der Waals surface area (Å²) in [5.74, 6) is 1.95. The Kier molecular flexibility index (Phi) is 4.49. The van der Waals surface area contributed by atoms with Crippen molar-refractivity contribution in [3.8, 4) is 0 Å². The number of rotatable bonds is 3. The number of pyridine rings is 1. The van der Waals surface area contributed by atoms with Crippen LogP contribution in [0.3, 0.4) is 0 Å². The van der Waals surface area contributed by atoms with Crippen LogP contribution in [0.25, 0.3) is 0 Å². The minimum absolute atomic E-state index is 0.0240. The summed E-state index contributed by atoms with van der Waals surface area (Å²) in [4.78, 5) is 18.5. The van der Waals surface area contributed by atoms with Gasteiger partial charge in [-0.05, 0) is 48.4 Å². The first-order valence-electron chi connectivity index (χ1n) is 11.0. The average Bonchev–Trinajstić information content (AvgIpc) is 3.12. The van der Waals surface area contributed by atoms with E-state index in [9.17, 15) is 0 Å². The van der Waals surface area contributed by atoms with Gasteiger partial charge in [0.2, 0.25) is 0 Å². The van der Waals surface area contributed by atoms with E-state index in [4.69, 9.17) is 4.98 Å². The molecule has 0 fully saturated rings. The molecule has 0 N–H and O–H groups in total. The molecule has 3 aromatic rings. The van der Waals surface area contributed by atoms with Crippen LogP contribution in [0.4, 0.5) is 22.9 Å². The van der Waals surface area contributed by atoms with Gasteiger partial charge in [-0.25, -0.2) is 9.97 Å². The van der Waals surface area contributed by atoms with Gasteiger partial charge in [0.25, 0.3) is 0 Å². The van der Waals surface area contributed by atoms with Crippen LogP contribution in [-0.2, 0) is 0 Å². The third kappa shape index (κ3) is 2.51. The number of anilines is 4. The van der Waals surface area contributed by atoms with E-state index in [1.165, 1.54) is 11.3 Å². The van der Waals surface area contributed by atoms with Crippen LogP contribution in [0, 0.1) is 11.3 Å². The van der Waals surface area contributed by atoms with Crippen molar-refractivity contribution in [2.75, 3.05) is 9.80 Å². The highest BCUT2D eigenvalue weighted by Gasteiger charge is 2.54. The topological polar surface area (TPSA) is 45.2 Å². The molecule has 5 nitrogen and oxygen atoms in total. The second-order valence-corrected chi connectivity index (χ2v) is 8.78. The van der Waals surface area contributed by atoms with E-state index in [-0.39, 0.29) is 11.6 Å². The van der Waals surface area contributed by atoms with Crippen molar-refractivity contribution in [3.63, 3.8) is 0 Å². The number of hydrogen-bond donors (Lipinski definition) is 0.